The average Bonchev–Trinajstić information content (AvgIpc) is 3.18. The molecule has 0 atom stereocenters. The Kier molecular flexibility index (Phi) is 7.16. The first-order chi connectivity index (χ1) is 17.0. The van der Waals surface area contributed by atoms with Crippen molar-refractivity contribution >= 4 is 18.0 Å². The number of carboxylic acids is 1. The lowest BCUT2D eigenvalue weighted by Gasteiger charge is -2.08. The van der Waals surface area contributed by atoms with Gasteiger partial charge in [0.25, 0.3) is 5.91 Å². The Hall–Kier alpha value is -4.52. The van der Waals surface area contributed by atoms with Crippen LogP contribution >= 0.6 is 0 Å². The molecule has 0 saturated heterocycles. The van der Waals surface area contributed by atoms with Crippen LogP contribution in [0.4, 0.5) is 0 Å². The fraction of sp³-hybridized carbons (Fsp3) is 0.143. The summed E-state index contributed by atoms with van der Waals surface area (Å²) in [5, 5.41) is 13.8. The molecule has 0 fully saturated rings. The molecule has 4 aromatic rings. The Labute approximate surface area is 202 Å². The topological polar surface area (TPSA) is 94.2 Å². The minimum atomic E-state index is -0.990. The SMILES string of the molecule is CCC=Cc1nn(C(=O)Cc2ccccc2)c(=O)n1Cc1ccc(-c2ccccc2C(=O)O)cc1. The number of hydrogen-bond donors (Lipinski definition) is 1. The number of carbonyl (C=O) groups is 2. The van der Waals surface area contributed by atoms with Gasteiger partial charge in [0.15, 0.2) is 5.82 Å². The number of allylic oxidation sites excluding steroid dienone is 1. The van der Waals surface area contributed by atoms with E-state index in [0.717, 1.165) is 27.8 Å². The van der Waals surface area contributed by atoms with Crippen molar-refractivity contribution in [3.63, 3.8) is 0 Å². The second kappa shape index (κ2) is 10.6. The highest BCUT2D eigenvalue weighted by molar-refractivity contribution is 5.96. The van der Waals surface area contributed by atoms with Crippen LogP contribution in [0.15, 0.2) is 89.7 Å². The van der Waals surface area contributed by atoms with Crippen LogP contribution in [0.5, 0.6) is 0 Å². The maximum atomic E-state index is 13.1. The molecule has 0 bridgehead atoms. The molecule has 0 aliphatic carbocycles. The number of aromatic carboxylic acids is 1. The van der Waals surface area contributed by atoms with Gasteiger partial charge in [-0.1, -0.05) is 85.8 Å². The molecule has 35 heavy (non-hydrogen) atoms. The Morgan fingerprint density at radius 1 is 0.914 bits per heavy atom. The maximum Gasteiger partial charge on any atom is 0.353 e. The fourth-order valence-corrected chi connectivity index (χ4v) is 3.81. The smallest absolute Gasteiger partial charge is 0.353 e. The van der Waals surface area contributed by atoms with Gasteiger partial charge >= 0.3 is 11.7 Å². The van der Waals surface area contributed by atoms with Crippen LogP contribution in [0.1, 0.15) is 45.4 Å². The van der Waals surface area contributed by atoms with Crippen molar-refractivity contribution in [3.05, 3.63) is 118 Å². The zero-order valence-electron chi connectivity index (χ0n) is 19.3. The van der Waals surface area contributed by atoms with Crippen molar-refractivity contribution in [1.82, 2.24) is 14.3 Å². The maximum absolute atomic E-state index is 13.1. The monoisotopic (exact) mass is 467 g/mol. The van der Waals surface area contributed by atoms with Gasteiger partial charge in [-0.2, -0.15) is 0 Å². The third kappa shape index (κ3) is 5.35. The molecule has 1 aromatic heterocycles. The standard InChI is InChI=1S/C28H25N3O4/c1-2-3-13-25-29-31(26(32)18-20-9-5-4-6-10-20)28(35)30(25)19-21-14-16-22(17-15-21)23-11-7-8-12-24(23)27(33)34/h3-17H,2,18-19H2,1H3,(H,33,34). The number of nitrogens with zero attached hydrogens (tertiary/aromatic N) is 3. The lowest BCUT2D eigenvalue weighted by molar-refractivity contribution is 0.0697. The fourth-order valence-electron chi connectivity index (χ4n) is 3.81. The molecular formula is C28H25N3O4. The summed E-state index contributed by atoms with van der Waals surface area (Å²) in [6, 6.07) is 23.4. The molecule has 0 spiro atoms. The lowest BCUT2D eigenvalue weighted by Crippen LogP contribution is -2.31. The number of hydrogen-bond acceptors (Lipinski definition) is 4. The molecule has 1 heterocycles. The van der Waals surface area contributed by atoms with Gasteiger partial charge in [-0.25, -0.2) is 9.59 Å². The highest BCUT2D eigenvalue weighted by Gasteiger charge is 2.18. The zero-order valence-corrected chi connectivity index (χ0v) is 19.3. The highest BCUT2D eigenvalue weighted by Crippen LogP contribution is 2.24. The van der Waals surface area contributed by atoms with Gasteiger partial charge < -0.3 is 5.11 Å². The minimum Gasteiger partial charge on any atom is -0.478 e. The summed E-state index contributed by atoms with van der Waals surface area (Å²) in [4.78, 5) is 37.5. The molecule has 4 rings (SSSR count). The van der Waals surface area contributed by atoms with Crippen molar-refractivity contribution in [3.8, 4) is 11.1 Å². The van der Waals surface area contributed by atoms with Crippen molar-refractivity contribution < 1.29 is 14.7 Å². The van der Waals surface area contributed by atoms with Crippen molar-refractivity contribution in [1.29, 1.82) is 0 Å². The molecule has 0 aliphatic rings. The second-order valence-electron chi connectivity index (χ2n) is 8.05. The number of carboxylic acid groups (broad SMARTS) is 1. The van der Waals surface area contributed by atoms with E-state index in [1.54, 1.807) is 30.3 Å². The van der Waals surface area contributed by atoms with Crippen LogP contribution in [-0.2, 0) is 13.0 Å². The number of carbonyl (C=O) groups excluding carboxylic acids is 1. The lowest BCUT2D eigenvalue weighted by atomic mass is 9.99. The Morgan fingerprint density at radius 3 is 2.29 bits per heavy atom. The van der Waals surface area contributed by atoms with Gasteiger partial charge in [-0.15, -0.1) is 9.78 Å². The second-order valence-corrected chi connectivity index (χ2v) is 8.05. The van der Waals surface area contributed by atoms with Crippen LogP contribution in [-0.4, -0.2) is 31.3 Å². The van der Waals surface area contributed by atoms with Crippen molar-refractivity contribution in [2.75, 3.05) is 0 Å². The summed E-state index contributed by atoms with van der Waals surface area (Å²) in [6.45, 7) is 2.20. The third-order valence-corrected chi connectivity index (χ3v) is 5.59. The molecule has 3 aromatic carbocycles. The summed E-state index contributed by atoms with van der Waals surface area (Å²) < 4.78 is 2.40. The van der Waals surface area contributed by atoms with Gasteiger partial charge in [0.2, 0.25) is 0 Å². The normalized spacial score (nSPS) is 11.1. The largest absolute Gasteiger partial charge is 0.478 e. The van der Waals surface area contributed by atoms with E-state index in [4.69, 9.17) is 0 Å². The first kappa shape index (κ1) is 23.6. The predicted octanol–water partition coefficient (Wildman–Crippen LogP) is 4.76. The Balaban J connectivity index is 1.63. The first-order valence-corrected chi connectivity index (χ1v) is 11.3. The van der Waals surface area contributed by atoms with E-state index in [1.807, 2.05) is 67.6 Å². The van der Waals surface area contributed by atoms with E-state index in [0.29, 0.717) is 11.4 Å². The molecular weight excluding hydrogens is 442 g/mol. The molecule has 1 N–H and O–H groups in total. The molecule has 7 heteroatoms. The van der Waals surface area contributed by atoms with Crippen LogP contribution in [0.3, 0.4) is 0 Å². The van der Waals surface area contributed by atoms with Gasteiger partial charge in [-0.3, -0.25) is 9.36 Å². The molecule has 0 unspecified atom stereocenters. The van der Waals surface area contributed by atoms with Crippen LogP contribution in [0.25, 0.3) is 17.2 Å². The summed E-state index contributed by atoms with van der Waals surface area (Å²) in [7, 11) is 0. The summed E-state index contributed by atoms with van der Waals surface area (Å²) in [6.07, 6.45) is 4.46. The Bertz CT molecular complexity index is 1430. The molecule has 0 saturated carbocycles. The summed E-state index contributed by atoms with van der Waals surface area (Å²) >= 11 is 0. The van der Waals surface area contributed by atoms with Gasteiger partial charge in [0, 0.05) is 0 Å². The van der Waals surface area contributed by atoms with Crippen LogP contribution in [0, 0.1) is 0 Å². The molecule has 0 aliphatic heterocycles. The van der Waals surface area contributed by atoms with Gasteiger partial charge in [0.1, 0.15) is 0 Å². The van der Waals surface area contributed by atoms with Crippen LogP contribution < -0.4 is 5.69 Å². The predicted molar refractivity (Wildman–Crippen MR) is 135 cm³/mol. The number of rotatable bonds is 8. The third-order valence-electron chi connectivity index (χ3n) is 5.59. The van der Waals surface area contributed by atoms with Gasteiger partial charge in [0.05, 0.1) is 18.5 Å². The minimum absolute atomic E-state index is 0.0758. The number of benzene rings is 3. The van der Waals surface area contributed by atoms with Gasteiger partial charge in [-0.05, 0) is 40.8 Å². The zero-order chi connectivity index (χ0) is 24.8. The van der Waals surface area contributed by atoms with E-state index in [-0.39, 0.29) is 18.5 Å². The quantitative estimate of drug-likeness (QED) is 0.403. The first-order valence-electron chi connectivity index (χ1n) is 11.3. The molecule has 176 valence electrons. The molecule has 0 amide bonds. The Morgan fingerprint density at radius 2 is 1.60 bits per heavy atom. The van der Waals surface area contributed by atoms with E-state index in [9.17, 15) is 19.5 Å². The highest BCUT2D eigenvalue weighted by atomic mass is 16.4. The van der Waals surface area contributed by atoms with E-state index >= 15 is 0 Å². The summed E-state index contributed by atoms with van der Waals surface area (Å²) in [5.74, 6) is -0.985. The van der Waals surface area contributed by atoms with E-state index in [2.05, 4.69) is 5.10 Å². The van der Waals surface area contributed by atoms with E-state index < -0.39 is 17.6 Å². The molecule has 0 radical (unpaired) electrons. The van der Waals surface area contributed by atoms with Crippen molar-refractivity contribution in [2.45, 2.75) is 26.3 Å². The summed E-state index contributed by atoms with van der Waals surface area (Å²) in [5.41, 5.74) is 2.74. The van der Waals surface area contributed by atoms with E-state index in [1.165, 1.54) is 4.57 Å². The van der Waals surface area contributed by atoms with Crippen molar-refractivity contribution in [2.24, 2.45) is 0 Å². The molecule has 7 nitrogen and oxygen atoms in total. The average molecular weight is 468 g/mol. The van der Waals surface area contributed by atoms with Crippen LogP contribution in [0.2, 0.25) is 0 Å². The number of aromatic nitrogens is 3.